The molecule has 0 atom stereocenters. The van der Waals surface area contributed by atoms with Gasteiger partial charge in [-0.25, -0.2) is 9.37 Å². The third-order valence-corrected chi connectivity index (χ3v) is 2.56. The highest BCUT2D eigenvalue weighted by Crippen LogP contribution is 2.14. The van der Waals surface area contributed by atoms with E-state index in [0.717, 1.165) is 17.0 Å². The Labute approximate surface area is 114 Å². The highest BCUT2D eigenvalue weighted by molar-refractivity contribution is 6.07. The first kappa shape index (κ1) is 13.7. The molecule has 0 saturated carbocycles. The summed E-state index contributed by atoms with van der Waals surface area (Å²) in [7, 11) is 0. The van der Waals surface area contributed by atoms with E-state index in [-0.39, 0.29) is 11.4 Å². The maximum atomic E-state index is 12.9. The average Bonchev–Trinajstić information content (AvgIpc) is 2.45. The normalized spacial score (nSPS) is 10.1. The minimum Gasteiger partial charge on any atom is -0.480 e. The molecular weight excluding hydrogens is 263 g/mol. The lowest BCUT2D eigenvalue weighted by Crippen LogP contribution is -2.36. The fourth-order valence-electron chi connectivity index (χ4n) is 1.65. The molecule has 1 heterocycles. The van der Waals surface area contributed by atoms with Crippen molar-refractivity contribution in [2.75, 3.05) is 11.4 Å². The van der Waals surface area contributed by atoms with Gasteiger partial charge in [-0.15, -0.1) is 0 Å². The van der Waals surface area contributed by atoms with Crippen LogP contribution in [0.15, 0.2) is 48.7 Å². The number of nitrogens with zero attached hydrogens (tertiary/aromatic N) is 2. The quantitative estimate of drug-likeness (QED) is 0.925. The average molecular weight is 274 g/mol. The van der Waals surface area contributed by atoms with Crippen LogP contribution < -0.4 is 4.90 Å². The Morgan fingerprint density at radius 2 is 1.85 bits per heavy atom. The molecule has 0 aliphatic heterocycles. The van der Waals surface area contributed by atoms with Gasteiger partial charge in [-0.05, 0) is 36.4 Å². The molecule has 0 fully saturated rings. The molecule has 0 spiro atoms. The van der Waals surface area contributed by atoms with Crippen LogP contribution in [0.2, 0.25) is 0 Å². The molecule has 1 aromatic heterocycles. The molecule has 1 N–H and O–H groups in total. The first-order valence-electron chi connectivity index (χ1n) is 5.78. The third kappa shape index (κ3) is 3.17. The Balaban J connectivity index is 2.34. The number of carbonyl (C=O) groups excluding carboxylic acids is 1. The first-order chi connectivity index (χ1) is 9.58. The summed E-state index contributed by atoms with van der Waals surface area (Å²) >= 11 is 0. The minimum absolute atomic E-state index is 0.193. The number of halogens is 1. The molecule has 0 saturated heterocycles. The van der Waals surface area contributed by atoms with Crippen molar-refractivity contribution >= 4 is 17.7 Å². The fourth-order valence-corrected chi connectivity index (χ4v) is 1.65. The summed E-state index contributed by atoms with van der Waals surface area (Å²) in [6, 6.07) is 9.73. The summed E-state index contributed by atoms with van der Waals surface area (Å²) in [5.74, 6) is -1.95. The molecule has 5 nitrogen and oxygen atoms in total. The van der Waals surface area contributed by atoms with E-state index >= 15 is 0 Å². The SMILES string of the molecule is O=C(O)CN(C(=O)c1ccc(F)cc1)c1ccccn1. The van der Waals surface area contributed by atoms with E-state index in [1.54, 1.807) is 12.1 Å². The lowest BCUT2D eigenvalue weighted by atomic mass is 10.2. The highest BCUT2D eigenvalue weighted by atomic mass is 19.1. The van der Waals surface area contributed by atoms with Crippen molar-refractivity contribution in [3.63, 3.8) is 0 Å². The van der Waals surface area contributed by atoms with Crippen molar-refractivity contribution in [1.82, 2.24) is 4.98 Å². The van der Waals surface area contributed by atoms with Crippen LogP contribution in [0.3, 0.4) is 0 Å². The molecule has 0 radical (unpaired) electrons. The summed E-state index contributed by atoms with van der Waals surface area (Å²) in [6.45, 7) is -0.521. The second-order valence-electron chi connectivity index (χ2n) is 3.98. The van der Waals surface area contributed by atoms with Crippen molar-refractivity contribution in [3.05, 3.63) is 60.0 Å². The van der Waals surface area contributed by atoms with Gasteiger partial charge in [0.1, 0.15) is 18.2 Å². The lowest BCUT2D eigenvalue weighted by Gasteiger charge is -2.19. The number of aliphatic carboxylic acids is 1. The topological polar surface area (TPSA) is 70.5 Å². The molecule has 2 rings (SSSR count). The minimum atomic E-state index is -1.16. The predicted octanol–water partition coefficient (Wildman–Crippen LogP) is 1.95. The van der Waals surface area contributed by atoms with E-state index in [1.807, 2.05) is 0 Å². The Bertz CT molecular complexity index is 614. The van der Waals surface area contributed by atoms with Crippen LogP contribution in [0, 0.1) is 5.82 Å². The number of rotatable bonds is 4. The van der Waals surface area contributed by atoms with Gasteiger partial charge in [0.2, 0.25) is 0 Å². The number of hydrogen-bond acceptors (Lipinski definition) is 3. The molecule has 0 bridgehead atoms. The van der Waals surface area contributed by atoms with Crippen LogP contribution in [0.5, 0.6) is 0 Å². The standard InChI is InChI=1S/C14H11FN2O3/c15-11-6-4-10(5-7-11)14(20)17(9-13(18)19)12-3-1-2-8-16-12/h1-8H,9H2,(H,18,19). The van der Waals surface area contributed by atoms with E-state index in [9.17, 15) is 14.0 Å². The number of carbonyl (C=O) groups is 2. The molecule has 2 aromatic rings. The number of carboxylic acids is 1. The molecule has 0 aliphatic carbocycles. The number of anilines is 1. The van der Waals surface area contributed by atoms with Crippen LogP contribution in [-0.2, 0) is 4.79 Å². The van der Waals surface area contributed by atoms with Crippen LogP contribution in [0.4, 0.5) is 10.2 Å². The number of hydrogen-bond donors (Lipinski definition) is 1. The van der Waals surface area contributed by atoms with Gasteiger partial charge in [0.15, 0.2) is 0 Å². The van der Waals surface area contributed by atoms with Crippen molar-refractivity contribution in [1.29, 1.82) is 0 Å². The molecule has 0 aliphatic rings. The zero-order chi connectivity index (χ0) is 14.5. The van der Waals surface area contributed by atoms with E-state index < -0.39 is 24.2 Å². The summed E-state index contributed by atoms with van der Waals surface area (Å²) < 4.78 is 12.9. The monoisotopic (exact) mass is 274 g/mol. The van der Waals surface area contributed by atoms with Gasteiger partial charge < -0.3 is 5.11 Å². The Morgan fingerprint density at radius 3 is 2.40 bits per heavy atom. The van der Waals surface area contributed by atoms with E-state index in [1.165, 1.54) is 24.4 Å². The van der Waals surface area contributed by atoms with E-state index in [2.05, 4.69) is 4.98 Å². The van der Waals surface area contributed by atoms with E-state index in [0.29, 0.717) is 0 Å². The Morgan fingerprint density at radius 1 is 1.15 bits per heavy atom. The van der Waals surface area contributed by atoms with Crippen molar-refractivity contribution in [3.8, 4) is 0 Å². The van der Waals surface area contributed by atoms with Crippen LogP contribution in [-0.4, -0.2) is 28.5 Å². The molecule has 20 heavy (non-hydrogen) atoms. The number of carboxylic acid groups (broad SMARTS) is 1. The number of aromatic nitrogens is 1. The molecule has 6 heteroatoms. The lowest BCUT2D eigenvalue weighted by molar-refractivity contribution is -0.135. The number of amides is 1. The maximum Gasteiger partial charge on any atom is 0.323 e. The molecule has 0 unspecified atom stereocenters. The summed E-state index contributed by atoms with van der Waals surface area (Å²) in [6.07, 6.45) is 1.46. The van der Waals surface area contributed by atoms with Gasteiger partial charge in [0.25, 0.3) is 5.91 Å². The maximum absolute atomic E-state index is 12.9. The molecule has 1 amide bonds. The second kappa shape index (κ2) is 5.92. The highest BCUT2D eigenvalue weighted by Gasteiger charge is 2.21. The van der Waals surface area contributed by atoms with Crippen LogP contribution >= 0.6 is 0 Å². The fraction of sp³-hybridized carbons (Fsp3) is 0.0714. The smallest absolute Gasteiger partial charge is 0.323 e. The van der Waals surface area contributed by atoms with Gasteiger partial charge in [-0.2, -0.15) is 0 Å². The van der Waals surface area contributed by atoms with Crippen LogP contribution in [0.25, 0.3) is 0 Å². The van der Waals surface area contributed by atoms with Crippen molar-refractivity contribution in [2.24, 2.45) is 0 Å². The predicted molar refractivity (Wildman–Crippen MR) is 69.9 cm³/mol. The van der Waals surface area contributed by atoms with Crippen molar-refractivity contribution < 1.29 is 19.1 Å². The summed E-state index contributed by atoms with van der Waals surface area (Å²) in [5.41, 5.74) is 0.193. The Kier molecular flexibility index (Phi) is 4.05. The van der Waals surface area contributed by atoms with Gasteiger partial charge >= 0.3 is 5.97 Å². The molecule has 102 valence electrons. The molecular formula is C14H11FN2O3. The summed E-state index contributed by atoms with van der Waals surface area (Å²) in [4.78, 5) is 28.2. The Hall–Kier alpha value is -2.76. The van der Waals surface area contributed by atoms with Gasteiger partial charge in [-0.1, -0.05) is 6.07 Å². The first-order valence-corrected chi connectivity index (χ1v) is 5.78. The largest absolute Gasteiger partial charge is 0.480 e. The van der Waals surface area contributed by atoms with Gasteiger partial charge in [0, 0.05) is 11.8 Å². The zero-order valence-electron chi connectivity index (χ0n) is 10.4. The third-order valence-electron chi connectivity index (χ3n) is 2.56. The second-order valence-corrected chi connectivity index (χ2v) is 3.98. The van der Waals surface area contributed by atoms with E-state index in [4.69, 9.17) is 5.11 Å². The van der Waals surface area contributed by atoms with Gasteiger partial charge in [-0.3, -0.25) is 14.5 Å². The van der Waals surface area contributed by atoms with Gasteiger partial charge in [0.05, 0.1) is 0 Å². The zero-order valence-corrected chi connectivity index (χ0v) is 10.4. The van der Waals surface area contributed by atoms with Crippen LogP contribution in [0.1, 0.15) is 10.4 Å². The van der Waals surface area contributed by atoms with Crippen molar-refractivity contribution in [2.45, 2.75) is 0 Å². The summed E-state index contributed by atoms with van der Waals surface area (Å²) in [5, 5.41) is 8.90. The number of benzene rings is 1. The molecule has 1 aromatic carbocycles. The number of pyridine rings is 1.